The highest BCUT2D eigenvalue weighted by Gasteiger charge is 2.14. The van der Waals surface area contributed by atoms with Crippen LogP contribution in [0.3, 0.4) is 0 Å². The van der Waals surface area contributed by atoms with Gasteiger partial charge in [0.05, 0.1) is 0 Å². The smallest absolute Gasteiger partial charge is 0.0467 e. The molecule has 0 saturated carbocycles. The summed E-state index contributed by atoms with van der Waals surface area (Å²) in [5, 5.41) is 2.68. The molecule has 1 heteroatoms. The predicted octanol–water partition coefficient (Wildman–Crippen LogP) is 6.50. The van der Waals surface area contributed by atoms with E-state index in [1.165, 1.54) is 44.1 Å². The maximum atomic E-state index is 3.60. The van der Waals surface area contributed by atoms with Gasteiger partial charge in [-0.05, 0) is 47.2 Å². The van der Waals surface area contributed by atoms with Crippen LogP contribution in [-0.2, 0) is 12.8 Å². The third-order valence-electron chi connectivity index (χ3n) is 5.34. The Morgan fingerprint density at radius 1 is 0.519 bits per heavy atom. The van der Waals surface area contributed by atoms with Crippen molar-refractivity contribution < 1.29 is 0 Å². The Kier molecular flexibility index (Phi) is 3.99. The molecule has 1 nitrogen and oxygen atoms in total. The molecule has 0 aliphatic rings. The van der Waals surface area contributed by atoms with E-state index in [0.29, 0.717) is 0 Å². The van der Waals surface area contributed by atoms with Crippen molar-refractivity contribution in [3.05, 3.63) is 119 Å². The van der Waals surface area contributed by atoms with E-state index in [-0.39, 0.29) is 0 Å². The Morgan fingerprint density at radius 2 is 1.15 bits per heavy atom. The minimum absolute atomic E-state index is 0.947. The average Bonchev–Trinajstić information content (AvgIpc) is 3.10. The summed E-state index contributed by atoms with van der Waals surface area (Å²) in [6, 6.07) is 34.7. The van der Waals surface area contributed by atoms with Crippen LogP contribution < -0.4 is 0 Å². The monoisotopic (exact) mass is 347 g/mol. The van der Waals surface area contributed by atoms with Crippen LogP contribution in [0.1, 0.15) is 22.3 Å². The quantitative estimate of drug-likeness (QED) is 0.382. The molecule has 5 aromatic rings. The molecular weight excluding hydrogens is 326 g/mol. The summed E-state index contributed by atoms with van der Waals surface area (Å²) >= 11 is 0. The number of fused-ring (bicyclic) bond motifs is 3. The molecule has 5 rings (SSSR count). The normalized spacial score (nSPS) is 11.3. The number of rotatable bonds is 4. The van der Waals surface area contributed by atoms with Crippen molar-refractivity contribution in [2.75, 3.05) is 0 Å². The maximum Gasteiger partial charge on any atom is 0.0467 e. The van der Waals surface area contributed by atoms with E-state index in [1.54, 1.807) is 0 Å². The van der Waals surface area contributed by atoms with E-state index < -0.39 is 0 Å². The van der Waals surface area contributed by atoms with E-state index in [1.807, 2.05) is 0 Å². The predicted molar refractivity (Wildman–Crippen MR) is 114 cm³/mol. The minimum Gasteiger partial charge on any atom is -0.355 e. The lowest BCUT2D eigenvalue weighted by atomic mass is 9.91. The lowest BCUT2D eigenvalue weighted by Crippen LogP contribution is -1.98. The summed E-state index contributed by atoms with van der Waals surface area (Å²) in [6.45, 7) is 0. The molecule has 4 aromatic carbocycles. The number of para-hydroxylation sites is 1. The Hall–Kier alpha value is -3.32. The van der Waals surface area contributed by atoms with Crippen molar-refractivity contribution in [3.63, 3.8) is 0 Å². The van der Waals surface area contributed by atoms with E-state index >= 15 is 0 Å². The first kappa shape index (κ1) is 15.9. The third kappa shape index (κ3) is 3.02. The van der Waals surface area contributed by atoms with Crippen molar-refractivity contribution in [3.8, 4) is 0 Å². The Morgan fingerprint density at radius 3 is 1.89 bits per heavy atom. The zero-order valence-corrected chi connectivity index (χ0v) is 15.2. The van der Waals surface area contributed by atoms with E-state index in [0.717, 1.165) is 12.8 Å². The van der Waals surface area contributed by atoms with Gasteiger partial charge in [-0.15, -0.1) is 0 Å². The molecule has 1 aromatic heterocycles. The van der Waals surface area contributed by atoms with E-state index in [4.69, 9.17) is 0 Å². The highest BCUT2D eigenvalue weighted by atomic mass is 14.7. The zero-order valence-electron chi connectivity index (χ0n) is 15.2. The summed E-state index contributed by atoms with van der Waals surface area (Å²) in [5.41, 5.74) is 7.97. The Labute approximate surface area is 159 Å². The fourth-order valence-electron chi connectivity index (χ4n) is 4.04. The van der Waals surface area contributed by atoms with Gasteiger partial charge in [-0.2, -0.15) is 0 Å². The molecule has 0 amide bonds. The van der Waals surface area contributed by atoms with Crippen LogP contribution in [0.2, 0.25) is 0 Å². The van der Waals surface area contributed by atoms with E-state index in [9.17, 15) is 0 Å². The van der Waals surface area contributed by atoms with Gasteiger partial charge in [0.25, 0.3) is 0 Å². The van der Waals surface area contributed by atoms with Crippen LogP contribution >= 0.6 is 0 Å². The Balaban J connectivity index is 1.73. The second-order valence-electron chi connectivity index (χ2n) is 7.12. The summed E-state index contributed by atoms with van der Waals surface area (Å²) in [6.07, 6.45) is 1.90. The van der Waals surface area contributed by atoms with Crippen molar-refractivity contribution >= 4 is 21.8 Å². The van der Waals surface area contributed by atoms with Crippen LogP contribution in [0, 0.1) is 0 Å². The van der Waals surface area contributed by atoms with Crippen LogP contribution in [0.5, 0.6) is 0 Å². The Bertz CT molecular complexity index is 1200. The molecule has 0 spiro atoms. The lowest BCUT2D eigenvalue weighted by Gasteiger charge is -2.13. The fourth-order valence-corrected chi connectivity index (χ4v) is 4.04. The van der Waals surface area contributed by atoms with Crippen molar-refractivity contribution in [1.82, 2.24) is 4.98 Å². The minimum atomic E-state index is 0.947. The summed E-state index contributed by atoms with van der Waals surface area (Å²) < 4.78 is 0. The molecule has 0 aliphatic heterocycles. The first-order chi connectivity index (χ1) is 13.4. The largest absolute Gasteiger partial charge is 0.355 e. The molecule has 0 fully saturated rings. The second kappa shape index (κ2) is 6.77. The molecule has 27 heavy (non-hydrogen) atoms. The number of hydrogen-bond acceptors (Lipinski definition) is 0. The van der Waals surface area contributed by atoms with Gasteiger partial charge in [0.2, 0.25) is 0 Å². The van der Waals surface area contributed by atoms with Gasteiger partial charge < -0.3 is 4.98 Å². The maximum absolute atomic E-state index is 3.60. The molecule has 130 valence electrons. The molecule has 0 atom stereocenters. The van der Waals surface area contributed by atoms with Gasteiger partial charge >= 0.3 is 0 Å². The van der Waals surface area contributed by atoms with Gasteiger partial charge in [-0.25, -0.2) is 0 Å². The van der Waals surface area contributed by atoms with Gasteiger partial charge in [0, 0.05) is 21.8 Å². The average molecular weight is 347 g/mol. The number of hydrogen-bond donors (Lipinski definition) is 1. The number of benzene rings is 4. The lowest BCUT2D eigenvalue weighted by molar-refractivity contribution is 1.11. The third-order valence-corrected chi connectivity index (χ3v) is 5.34. The molecule has 0 unspecified atom stereocenters. The second-order valence-corrected chi connectivity index (χ2v) is 7.12. The van der Waals surface area contributed by atoms with Crippen LogP contribution in [-0.4, -0.2) is 4.98 Å². The fraction of sp³-hybridized carbons (Fsp3) is 0.0769. The van der Waals surface area contributed by atoms with Gasteiger partial charge in [-0.3, -0.25) is 0 Å². The van der Waals surface area contributed by atoms with Crippen LogP contribution in [0.25, 0.3) is 21.8 Å². The molecule has 0 bridgehead atoms. The number of H-pyrrole nitrogens is 1. The first-order valence-corrected chi connectivity index (χ1v) is 9.47. The molecule has 0 radical (unpaired) electrons. The zero-order chi connectivity index (χ0) is 18.1. The van der Waals surface area contributed by atoms with Crippen molar-refractivity contribution in [1.29, 1.82) is 0 Å². The van der Waals surface area contributed by atoms with Gasteiger partial charge in [-0.1, -0.05) is 84.9 Å². The van der Waals surface area contributed by atoms with Crippen LogP contribution in [0.4, 0.5) is 0 Å². The van der Waals surface area contributed by atoms with Crippen LogP contribution in [0.15, 0.2) is 97.1 Å². The number of aromatic nitrogens is 1. The molecule has 1 N–H and O–H groups in total. The molecular formula is C26H21N. The van der Waals surface area contributed by atoms with Gasteiger partial charge in [0.15, 0.2) is 0 Å². The number of nitrogens with one attached hydrogen (secondary N) is 1. The first-order valence-electron chi connectivity index (χ1n) is 9.47. The molecule has 0 aliphatic carbocycles. The van der Waals surface area contributed by atoms with Crippen molar-refractivity contribution in [2.45, 2.75) is 12.8 Å². The SMILES string of the molecule is c1ccc(Cc2ccc3[nH]c4ccccc4c3c2Cc2ccccc2)cc1. The highest BCUT2D eigenvalue weighted by molar-refractivity contribution is 6.09. The summed E-state index contributed by atoms with van der Waals surface area (Å²) in [7, 11) is 0. The van der Waals surface area contributed by atoms with Crippen molar-refractivity contribution in [2.24, 2.45) is 0 Å². The van der Waals surface area contributed by atoms with E-state index in [2.05, 4.69) is 102 Å². The summed E-state index contributed by atoms with van der Waals surface area (Å²) in [5.74, 6) is 0. The number of aromatic amines is 1. The molecule has 0 saturated heterocycles. The molecule has 1 heterocycles. The standard InChI is InChI=1S/C26H21N/c1-3-9-19(10-4-1)17-21-15-16-25-26(22-13-7-8-14-24(22)27-25)23(21)18-20-11-5-2-6-12-20/h1-16,27H,17-18H2. The topological polar surface area (TPSA) is 15.8 Å². The van der Waals surface area contributed by atoms with Gasteiger partial charge in [0.1, 0.15) is 0 Å². The summed E-state index contributed by atoms with van der Waals surface area (Å²) in [4.78, 5) is 3.60. The highest BCUT2D eigenvalue weighted by Crippen LogP contribution is 2.33.